The number of para-hydroxylation sites is 1. The van der Waals surface area contributed by atoms with Crippen molar-refractivity contribution in [3.63, 3.8) is 0 Å². The van der Waals surface area contributed by atoms with Crippen LogP contribution in [-0.2, 0) is 0 Å². The van der Waals surface area contributed by atoms with Crippen molar-refractivity contribution in [2.45, 2.75) is 20.0 Å². The molecule has 66 valence electrons. The average molecular weight is 166 g/mol. The summed E-state index contributed by atoms with van der Waals surface area (Å²) in [5.74, 6) is 0.846. The van der Waals surface area contributed by atoms with Crippen molar-refractivity contribution in [1.82, 2.24) is 0 Å². The van der Waals surface area contributed by atoms with E-state index in [0.717, 1.165) is 11.3 Å². The molecule has 0 aliphatic rings. The Morgan fingerprint density at radius 3 is 2.67 bits per heavy atom. The van der Waals surface area contributed by atoms with E-state index in [1.807, 2.05) is 31.2 Å². The summed E-state index contributed by atoms with van der Waals surface area (Å²) in [6.45, 7) is 4.04. The molecule has 1 aromatic carbocycles. The molecule has 2 nitrogen and oxygen atoms in total. The Hall–Kier alpha value is -1.02. The van der Waals surface area contributed by atoms with Crippen molar-refractivity contribution in [1.29, 1.82) is 0 Å². The molecule has 0 unspecified atom stereocenters. The van der Waals surface area contributed by atoms with E-state index in [1.54, 1.807) is 6.92 Å². The van der Waals surface area contributed by atoms with Gasteiger partial charge in [0.2, 0.25) is 0 Å². The Balaban J connectivity index is 2.57. The van der Waals surface area contributed by atoms with Crippen LogP contribution in [0.25, 0.3) is 0 Å². The van der Waals surface area contributed by atoms with Gasteiger partial charge in [-0.3, -0.25) is 0 Å². The molecule has 2 heteroatoms. The van der Waals surface area contributed by atoms with Gasteiger partial charge in [0.15, 0.2) is 0 Å². The lowest BCUT2D eigenvalue weighted by Crippen LogP contribution is -2.13. The first-order valence-electron chi connectivity index (χ1n) is 4.06. The van der Waals surface area contributed by atoms with E-state index < -0.39 is 6.10 Å². The summed E-state index contributed by atoms with van der Waals surface area (Å²) in [5.41, 5.74) is 1.10. The van der Waals surface area contributed by atoms with Crippen molar-refractivity contribution in [2.75, 3.05) is 6.61 Å². The molecular weight excluding hydrogens is 152 g/mol. The van der Waals surface area contributed by atoms with Gasteiger partial charge in [-0.2, -0.15) is 0 Å². The summed E-state index contributed by atoms with van der Waals surface area (Å²) in [7, 11) is 0. The molecule has 0 aliphatic carbocycles. The van der Waals surface area contributed by atoms with Gasteiger partial charge in [-0.05, 0) is 25.5 Å². The zero-order valence-corrected chi connectivity index (χ0v) is 7.45. The van der Waals surface area contributed by atoms with E-state index in [-0.39, 0.29) is 0 Å². The molecule has 0 amide bonds. The van der Waals surface area contributed by atoms with Crippen LogP contribution >= 0.6 is 0 Å². The number of rotatable bonds is 3. The van der Waals surface area contributed by atoms with Gasteiger partial charge in [0.1, 0.15) is 12.4 Å². The van der Waals surface area contributed by atoms with Crippen molar-refractivity contribution in [3.8, 4) is 5.75 Å². The second-order valence-corrected chi connectivity index (χ2v) is 2.93. The fourth-order valence-corrected chi connectivity index (χ4v) is 0.929. The fraction of sp³-hybridized carbons (Fsp3) is 0.400. The maximum atomic E-state index is 8.98. The lowest BCUT2D eigenvalue weighted by molar-refractivity contribution is 0.122. The van der Waals surface area contributed by atoms with Crippen molar-refractivity contribution >= 4 is 0 Å². The second-order valence-electron chi connectivity index (χ2n) is 2.93. The number of ether oxygens (including phenoxy) is 1. The maximum absolute atomic E-state index is 8.98. The Kier molecular flexibility index (Phi) is 3.11. The number of benzene rings is 1. The Bertz CT molecular complexity index is 243. The molecule has 0 heterocycles. The van der Waals surface area contributed by atoms with E-state index in [4.69, 9.17) is 9.84 Å². The highest BCUT2D eigenvalue weighted by Gasteiger charge is 1.99. The van der Waals surface area contributed by atoms with Gasteiger partial charge in [0.25, 0.3) is 0 Å². The summed E-state index contributed by atoms with van der Waals surface area (Å²) in [6.07, 6.45) is -0.412. The van der Waals surface area contributed by atoms with Gasteiger partial charge in [-0.15, -0.1) is 0 Å². The number of hydrogen-bond acceptors (Lipinski definition) is 2. The highest BCUT2D eigenvalue weighted by atomic mass is 16.5. The molecule has 0 spiro atoms. The average Bonchev–Trinajstić information content (AvgIpc) is 2.03. The molecule has 0 fully saturated rings. The molecule has 0 saturated carbocycles. The van der Waals surface area contributed by atoms with Crippen LogP contribution in [0.3, 0.4) is 0 Å². The first-order valence-corrected chi connectivity index (χ1v) is 4.06. The highest BCUT2D eigenvalue weighted by Crippen LogP contribution is 2.15. The summed E-state index contributed by atoms with van der Waals surface area (Å²) in [6, 6.07) is 7.77. The molecule has 1 N–H and O–H groups in total. The first kappa shape index (κ1) is 9.07. The number of aryl methyl sites for hydroxylation is 1. The molecule has 1 rings (SSSR count). The van der Waals surface area contributed by atoms with Crippen molar-refractivity contribution in [2.24, 2.45) is 0 Å². The summed E-state index contributed by atoms with van der Waals surface area (Å²) < 4.78 is 5.35. The molecule has 0 aromatic heterocycles. The lowest BCUT2D eigenvalue weighted by Gasteiger charge is -2.09. The monoisotopic (exact) mass is 166 g/mol. The van der Waals surface area contributed by atoms with Crippen LogP contribution in [0.5, 0.6) is 5.75 Å². The van der Waals surface area contributed by atoms with Gasteiger partial charge in [0.05, 0.1) is 6.10 Å². The Morgan fingerprint density at radius 1 is 1.42 bits per heavy atom. The molecule has 0 aliphatic heterocycles. The third-order valence-electron chi connectivity index (χ3n) is 1.57. The van der Waals surface area contributed by atoms with Crippen LogP contribution in [0.15, 0.2) is 24.3 Å². The van der Waals surface area contributed by atoms with Gasteiger partial charge in [0, 0.05) is 0 Å². The van der Waals surface area contributed by atoms with Crippen LogP contribution in [-0.4, -0.2) is 17.8 Å². The number of aliphatic hydroxyl groups excluding tert-OH is 1. The van der Waals surface area contributed by atoms with E-state index in [0.29, 0.717) is 6.61 Å². The Labute approximate surface area is 72.8 Å². The zero-order chi connectivity index (χ0) is 8.97. The van der Waals surface area contributed by atoms with Gasteiger partial charge in [-0.1, -0.05) is 18.2 Å². The molecule has 0 saturated heterocycles. The van der Waals surface area contributed by atoms with Crippen LogP contribution in [0, 0.1) is 6.92 Å². The van der Waals surface area contributed by atoms with E-state index in [1.165, 1.54) is 0 Å². The quantitative estimate of drug-likeness (QED) is 0.741. The van der Waals surface area contributed by atoms with Crippen LogP contribution in [0.1, 0.15) is 12.5 Å². The first-order chi connectivity index (χ1) is 5.70. The Morgan fingerprint density at radius 2 is 2.08 bits per heavy atom. The number of hydrogen-bond donors (Lipinski definition) is 1. The minimum atomic E-state index is -0.412. The summed E-state index contributed by atoms with van der Waals surface area (Å²) in [4.78, 5) is 0. The molecule has 1 atom stereocenters. The largest absolute Gasteiger partial charge is 0.491 e. The predicted molar refractivity (Wildman–Crippen MR) is 48.4 cm³/mol. The zero-order valence-electron chi connectivity index (χ0n) is 7.45. The SMILES string of the molecule is Cc1ccccc1OC[C@H](C)O. The van der Waals surface area contributed by atoms with Gasteiger partial charge < -0.3 is 9.84 Å². The third-order valence-corrected chi connectivity index (χ3v) is 1.57. The standard InChI is InChI=1S/C10H14O2/c1-8-5-3-4-6-10(8)12-7-9(2)11/h3-6,9,11H,7H2,1-2H3/t9-/m0/s1. The smallest absolute Gasteiger partial charge is 0.122 e. The van der Waals surface area contributed by atoms with E-state index in [2.05, 4.69) is 0 Å². The highest BCUT2D eigenvalue weighted by molar-refractivity contribution is 5.31. The van der Waals surface area contributed by atoms with E-state index in [9.17, 15) is 0 Å². The summed E-state index contributed by atoms with van der Waals surface area (Å²) in [5, 5.41) is 8.98. The normalized spacial score (nSPS) is 12.6. The minimum absolute atomic E-state index is 0.352. The predicted octanol–water partition coefficient (Wildman–Crippen LogP) is 1.75. The van der Waals surface area contributed by atoms with Gasteiger partial charge in [-0.25, -0.2) is 0 Å². The molecule has 0 radical (unpaired) electrons. The topological polar surface area (TPSA) is 29.5 Å². The lowest BCUT2D eigenvalue weighted by atomic mass is 10.2. The minimum Gasteiger partial charge on any atom is -0.491 e. The van der Waals surface area contributed by atoms with Crippen LogP contribution in [0.2, 0.25) is 0 Å². The molecule has 0 bridgehead atoms. The number of aliphatic hydroxyl groups is 1. The van der Waals surface area contributed by atoms with Crippen molar-refractivity contribution < 1.29 is 9.84 Å². The molecule has 1 aromatic rings. The van der Waals surface area contributed by atoms with Crippen molar-refractivity contribution in [3.05, 3.63) is 29.8 Å². The maximum Gasteiger partial charge on any atom is 0.122 e. The second kappa shape index (κ2) is 4.12. The molecular formula is C10H14O2. The third kappa shape index (κ3) is 2.55. The molecule has 12 heavy (non-hydrogen) atoms. The van der Waals surface area contributed by atoms with E-state index >= 15 is 0 Å². The van der Waals surface area contributed by atoms with Crippen LogP contribution in [0.4, 0.5) is 0 Å². The summed E-state index contributed by atoms with van der Waals surface area (Å²) >= 11 is 0. The fourth-order valence-electron chi connectivity index (χ4n) is 0.929. The van der Waals surface area contributed by atoms with Gasteiger partial charge >= 0.3 is 0 Å². The van der Waals surface area contributed by atoms with Crippen LogP contribution < -0.4 is 4.74 Å².